The van der Waals surface area contributed by atoms with Gasteiger partial charge in [0.1, 0.15) is 0 Å². The van der Waals surface area contributed by atoms with Crippen molar-refractivity contribution in [1.29, 1.82) is 0 Å². The zero-order chi connectivity index (χ0) is 11.3. The summed E-state index contributed by atoms with van der Waals surface area (Å²) in [6, 6.07) is 0. The Morgan fingerprint density at radius 1 is 1.47 bits per heavy atom. The molecule has 7 heteroatoms. The fourth-order valence-electron chi connectivity index (χ4n) is 1.13. The van der Waals surface area contributed by atoms with Crippen LogP contribution in [0.4, 0.5) is 5.82 Å². The Kier molecular flexibility index (Phi) is 4.77. The van der Waals surface area contributed by atoms with Gasteiger partial charge in [-0.1, -0.05) is 11.6 Å². The molecule has 1 amide bonds. The lowest BCUT2D eigenvalue weighted by molar-refractivity contribution is -0.128. The molecule has 0 saturated heterocycles. The van der Waals surface area contributed by atoms with Gasteiger partial charge in [0.15, 0.2) is 11.0 Å². The van der Waals surface area contributed by atoms with Gasteiger partial charge in [-0.25, -0.2) is 0 Å². The number of aromatic nitrogens is 2. The Morgan fingerprint density at radius 3 is 2.60 bits per heavy atom. The van der Waals surface area contributed by atoms with Gasteiger partial charge in [-0.3, -0.25) is 4.79 Å². The zero-order valence-electron chi connectivity index (χ0n) is 8.66. The Morgan fingerprint density at radius 2 is 2.13 bits per heavy atom. The van der Waals surface area contributed by atoms with Crippen LogP contribution in [-0.4, -0.2) is 39.2 Å². The topological polar surface area (TPSA) is 58.1 Å². The first kappa shape index (κ1) is 12.2. The van der Waals surface area contributed by atoms with E-state index in [1.54, 1.807) is 4.90 Å². The highest BCUT2D eigenvalue weighted by atomic mass is 35.5. The van der Waals surface area contributed by atoms with Crippen molar-refractivity contribution in [3.8, 4) is 0 Å². The molecule has 1 rings (SSSR count). The third-order valence-corrected chi connectivity index (χ3v) is 2.86. The zero-order valence-corrected chi connectivity index (χ0v) is 10.2. The van der Waals surface area contributed by atoms with Crippen LogP contribution < -0.4 is 5.32 Å². The predicted molar refractivity (Wildman–Crippen MR) is 61.3 cm³/mol. The van der Waals surface area contributed by atoms with E-state index < -0.39 is 0 Å². The summed E-state index contributed by atoms with van der Waals surface area (Å²) in [7, 11) is 0. The highest BCUT2D eigenvalue weighted by molar-refractivity contribution is 6.99. The van der Waals surface area contributed by atoms with Crippen molar-refractivity contribution in [2.45, 2.75) is 13.8 Å². The summed E-state index contributed by atoms with van der Waals surface area (Å²) in [5.41, 5.74) is 0. The van der Waals surface area contributed by atoms with Crippen LogP contribution in [0.3, 0.4) is 0 Å². The van der Waals surface area contributed by atoms with Gasteiger partial charge in [0.05, 0.1) is 18.3 Å². The second kappa shape index (κ2) is 5.87. The monoisotopic (exact) mass is 248 g/mol. The lowest BCUT2D eigenvalue weighted by Crippen LogP contribution is -2.35. The van der Waals surface area contributed by atoms with Gasteiger partial charge in [-0.05, 0) is 13.8 Å². The summed E-state index contributed by atoms with van der Waals surface area (Å²) in [4.78, 5) is 13.3. The fourth-order valence-corrected chi connectivity index (χ4v) is 1.81. The molecule has 0 unspecified atom stereocenters. The van der Waals surface area contributed by atoms with Crippen molar-refractivity contribution < 1.29 is 4.79 Å². The molecule has 15 heavy (non-hydrogen) atoms. The van der Waals surface area contributed by atoms with E-state index in [9.17, 15) is 4.79 Å². The van der Waals surface area contributed by atoms with Gasteiger partial charge in [-0.15, -0.1) is 0 Å². The Hall–Kier alpha value is -0.880. The van der Waals surface area contributed by atoms with Crippen LogP contribution in [0.2, 0.25) is 5.15 Å². The van der Waals surface area contributed by atoms with Crippen LogP contribution >= 0.6 is 23.3 Å². The molecular formula is C8H13ClN4OS. The maximum Gasteiger partial charge on any atom is 0.241 e. The number of hydrogen-bond acceptors (Lipinski definition) is 5. The summed E-state index contributed by atoms with van der Waals surface area (Å²) in [5.74, 6) is 0.506. The molecule has 0 aliphatic heterocycles. The van der Waals surface area contributed by atoms with Gasteiger partial charge in [-0.2, -0.15) is 8.75 Å². The lowest BCUT2D eigenvalue weighted by Gasteiger charge is -2.18. The maximum atomic E-state index is 11.6. The van der Waals surface area contributed by atoms with E-state index in [1.807, 2.05) is 13.8 Å². The minimum atomic E-state index is 0.0315. The minimum Gasteiger partial charge on any atom is -0.358 e. The van der Waals surface area contributed by atoms with Crippen molar-refractivity contribution in [3.05, 3.63) is 5.15 Å². The van der Waals surface area contributed by atoms with Gasteiger partial charge in [0.25, 0.3) is 0 Å². The van der Waals surface area contributed by atoms with E-state index in [2.05, 4.69) is 14.1 Å². The number of anilines is 1. The van der Waals surface area contributed by atoms with Crippen LogP contribution in [0.1, 0.15) is 13.8 Å². The Labute approximate surface area is 97.8 Å². The third kappa shape index (κ3) is 3.32. The minimum absolute atomic E-state index is 0.0315. The van der Waals surface area contributed by atoms with Gasteiger partial charge in [0, 0.05) is 13.1 Å². The molecule has 0 saturated carbocycles. The highest BCUT2D eigenvalue weighted by Gasteiger charge is 2.11. The Balaban J connectivity index is 2.43. The van der Waals surface area contributed by atoms with E-state index in [0.717, 1.165) is 11.7 Å². The third-order valence-electron chi connectivity index (χ3n) is 1.97. The number of halogens is 1. The number of carbonyl (C=O) groups excluding carboxylic acids is 1. The number of carbonyl (C=O) groups is 1. The Bertz CT molecular complexity index is 326. The van der Waals surface area contributed by atoms with Gasteiger partial charge < -0.3 is 10.2 Å². The smallest absolute Gasteiger partial charge is 0.241 e. The molecule has 0 aromatic carbocycles. The number of hydrogen-bond donors (Lipinski definition) is 1. The maximum absolute atomic E-state index is 11.6. The normalized spacial score (nSPS) is 10.1. The second-order valence-corrected chi connectivity index (χ2v) is 3.71. The van der Waals surface area contributed by atoms with Crippen LogP contribution in [0, 0.1) is 0 Å². The number of nitrogens with one attached hydrogen (secondary N) is 1. The second-order valence-electron chi connectivity index (χ2n) is 2.82. The van der Waals surface area contributed by atoms with E-state index in [4.69, 9.17) is 11.6 Å². The average Bonchev–Trinajstić information content (AvgIpc) is 2.63. The molecule has 0 atom stereocenters. The van der Waals surface area contributed by atoms with E-state index in [0.29, 0.717) is 24.1 Å². The van der Waals surface area contributed by atoms with E-state index >= 15 is 0 Å². The molecule has 0 fully saturated rings. The van der Waals surface area contributed by atoms with Gasteiger partial charge >= 0.3 is 0 Å². The van der Waals surface area contributed by atoms with Crippen molar-refractivity contribution >= 4 is 35.1 Å². The predicted octanol–water partition coefficient (Wildman–Crippen LogP) is 1.47. The van der Waals surface area contributed by atoms with Crippen LogP contribution in [0.5, 0.6) is 0 Å². The number of nitrogens with zero attached hydrogens (tertiary/aromatic N) is 3. The van der Waals surface area contributed by atoms with Crippen molar-refractivity contribution in [3.63, 3.8) is 0 Å². The molecule has 84 valence electrons. The molecular weight excluding hydrogens is 236 g/mol. The van der Waals surface area contributed by atoms with Gasteiger partial charge in [0.2, 0.25) is 5.91 Å². The van der Waals surface area contributed by atoms with E-state index in [1.165, 1.54) is 0 Å². The standard InChI is InChI=1S/C8H13ClN4OS/c1-3-13(4-2)6(14)5-10-8-7(9)11-15-12-8/h3-5H2,1-2H3,(H,10,12). The quantitative estimate of drug-likeness (QED) is 0.858. The molecule has 1 heterocycles. The molecule has 1 aromatic rings. The fraction of sp³-hybridized carbons (Fsp3) is 0.625. The van der Waals surface area contributed by atoms with Crippen LogP contribution in [0.25, 0.3) is 0 Å². The van der Waals surface area contributed by atoms with Crippen molar-refractivity contribution in [2.75, 3.05) is 25.0 Å². The highest BCUT2D eigenvalue weighted by Crippen LogP contribution is 2.17. The average molecular weight is 249 g/mol. The molecule has 5 nitrogen and oxygen atoms in total. The van der Waals surface area contributed by atoms with Crippen LogP contribution in [-0.2, 0) is 4.79 Å². The lowest BCUT2D eigenvalue weighted by atomic mass is 10.4. The molecule has 0 bridgehead atoms. The summed E-state index contributed by atoms with van der Waals surface area (Å²) < 4.78 is 7.70. The molecule has 0 radical (unpaired) electrons. The van der Waals surface area contributed by atoms with E-state index in [-0.39, 0.29) is 12.5 Å². The number of rotatable bonds is 5. The molecule has 0 aliphatic rings. The molecule has 0 aliphatic carbocycles. The van der Waals surface area contributed by atoms with Crippen LogP contribution in [0.15, 0.2) is 0 Å². The molecule has 1 N–H and O–H groups in total. The largest absolute Gasteiger partial charge is 0.358 e. The summed E-state index contributed by atoms with van der Waals surface area (Å²) in [6.07, 6.45) is 0. The van der Waals surface area contributed by atoms with Crippen molar-refractivity contribution in [1.82, 2.24) is 13.6 Å². The summed E-state index contributed by atoms with van der Waals surface area (Å²) in [6.45, 7) is 5.50. The molecule has 0 spiro atoms. The first-order chi connectivity index (χ1) is 7.19. The van der Waals surface area contributed by atoms with Crippen molar-refractivity contribution in [2.24, 2.45) is 0 Å². The first-order valence-corrected chi connectivity index (χ1v) is 5.79. The number of likely N-dealkylation sites (N-methyl/N-ethyl adjacent to an activating group) is 1. The molecule has 1 aromatic heterocycles. The SMILES string of the molecule is CCN(CC)C(=O)CNc1nsnc1Cl. The summed E-state index contributed by atoms with van der Waals surface area (Å²) >= 11 is 6.74. The summed E-state index contributed by atoms with van der Waals surface area (Å²) in [5, 5.41) is 3.17. The number of amides is 1. The first-order valence-electron chi connectivity index (χ1n) is 4.68.